The Bertz CT molecular complexity index is 1020. The highest BCUT2D eigenvalue weighted by atomic mass is 32.2. The van der Waals surface area contributed by atoms with Crippen LogP contribution in [-0.4, -0.2) is 29.2 Å². The number of methoxy groups -OCH3 is 2. The molecule has 0 fully saturated rings. The number of fused-ring (bicyclic) bond motifs is 1. The second-order valence-electron chi connectivity index (χ2n) is 5.59. The van der Waals surface area contributed by atoms with Crippen molar-refractivity contribution in [1.29, 1.82) is 0 Å². The zero-order chi connectivity index (χ0) is 17.9. The van der Waals surface area contributed by atoms with Crippen LogP contribution in [0.4, 0.5) is 0 Å². The highest BCUT2D eigenvalue weighted by Crippen LogP contribution is 2.27. The maximum Gasteiger partial charge on any atom is 0.226 e. The van der Waals surface area contributed by atoms with Gasteiger partial charge in [0.25, 0.3) is 0 Å². The number of thioether (sulfide) groups is 1. The molecule has 6 nitrogen and oxygen atoms in total. The molecule has 0 aliphatic rings. The van der Waals surface area contributed by atoms with Gasteiger partial charge < -0.3 is 18.9 Å². The summed E-state index contributed by atoms with van der Waals surface area (Å²) in [6, 6.07) is 13.4. The lowest BCUT2D eigenvalue weighted by atomic mass is 10.2. The van der Waals surface area contributed by atoms with E-state index >= 15 is 0 Å². The molecule has 4 aromatic rings. The molecule has 0 saturated carbocycles. The standard InChI is InChI=1S/C19H17N3O3S/c1-23-14-5-3-12(4-6-14)18-20-13(10-25-18)11-26-19-21-16-8-7-15(24-2)9-17(16)22-19/h3-10H,11H2,1-2H3,(H,21,22). The number of aromatic nitrogens is 3. The van der Waals surface area contributed by atoms with Gasteiger partial charge in [0.05, 0.1) is 30.9 Å². The average molecular weight is 367 g/mol. The number of nitrogens with one attached hydrogen (secondary N) is 1. The maximum atomic E-state index is 5.59. The smallest absolute Gasteiger partial charge is 0.226 e. The van der Waals surface area contributed by atoms with Crippen molar-refractivity contribution >= 4 is 22.8 Å². The highest BCUT2D eigenvalue weighted by molar-refractivity contribution is 7.98. The normalized spacial score (nSPS) is 11.0. The number of benzene rings is 2. The molecule has 26 heavy (non-hydrogen) atoms. The van der Waals surface area contributed by atoms with Gasteiger partial charge in [-0.05, 0) is 36.4 Å². The van der Waals surface area contributed by atoms with E-state index in [0.717, 1.165) is 38.9 Å². The van der Waals surface area contributed by atoms with Crippen molar-refractivity contribution in [3.8, 4) is 23.0 Å². The predicted molar refractivity (Wildman–Crippen MR) is 101 cm³/mol. The van der Waals surface area contributed by atoms with Crippen LogP contribution in [0, 0.1) is 0 Å². The fourth-order valence-electron chi connectivity index (χ4n) is 2.54. The van der Waals surface area contributed by atoms with E-state index in [1.807, 2.05) is 42.5 Å². The van der Waals surface area contributed by atoms with Crippen LogP contribution < -0.4 is 9.47 Å². The second kappa shape index (κ2) is 7.13. The topological polar surface area (TPSA) is 73.2 Å². The number of rotatable bonds is 6. The SMILES string of the molecule is COc1ccc(-c2nc(CSc3nc4ccc(OC)cc4[nH]3)co2)cc1. The lowest BCUT2D eigenvalue weighted by Crippen LogP contribution is -1.84. The van der Waals surface area contributed by atoms with Crippen LogP contribution >= 0.6 is 11.8 Å². The number of nitrogens with zero attached hydrogens (tertiary/aromatic N) is 2. The monoisotopic (exact) mass is 367 g/mol. The van der Waals surface area contributed by atoms with Crippen LogP contribution in [0.25, 0.3) is 22.5 Å². The summed E-state index contributed by atoms with van der Waals surface area (Å²) in [4.78, 5) is 12.4. The van der Waals surface area contributed by atoms with Crippen LogP contribution in [0.1, 0.15) is 5.69 Å². The summed E-state index contributed by atoms with van der Waals surface area (Å²) >= 11 is 1.58. The van der Waals surface area contributed by atoms with Gasteiger partial charge >= 0.3 is 0 Å². The highest BCUT2D eigenvalue weighted by Gasteiger charge is 2.10. The Kier molecular flexibility index (Phi) is 4.53. The van der Waals surface area contributed by atoms with Gasteiger partial charge in [0, 0.05) is 17.4 Å². The number of hydrogen-bond acceptors (Lipinski definition) is 6. The molecule has 0 saturated heterocycles. The van der Waals surface area contributed by atoms with Gasteiger partial charge in [-0.1, -0.05) is 11.8 Å². The molecule has 0 radical (unpaired) electrons. The summed E-state index contributed by atoms with van der Waals surface area (Å²) < 4.78 is 16.0. The minimum atomic E-state index is 0.595. The van der Waals surface area contributed by atoms with Crippen molar-refractivity contribution in [3.63, 3.8) is 0 Å². The van der Waals surface area contributed by atoms with Gasteiger partial charge in [0.1, 0.15) is 17.8 Å². The molecule has 0 atom stereocenters. The summed E-state index contributed by atoms with van der Waals surface area (Å²) in [5.74, 6) is 2.87. The van der Waals surface area contributed by atoms with Gasteiger partial charge in [-0.3, -0.25) is 0 Å². The van der Waals surface area contributed by atoms with E-state index < -0.39 is 0 Å². The van der Waals surface area contributed by atoms with Gasteiger partial charge in [-0.15, -0.1) is 0 Å². The zero-order valence-corrected chi connectivity index (χ0v) is 15.2. The Labute approximate surface area is 154 Å². The summed E-state index contributed by atoms with van der Waals surface area (Å²) in [6.07, 6.45) is 1.68. The van der Waals surface area contributed by atoms with Gasteiger partial charge in [-0.2, -0.15) is 0 Å². The molecule has 0 aliphatic carbocycles. The number of aromatic amines is 1. The van der Waals surface area contributed by atoms with Crippen molar-refractivity contribution in [1.82, 2.24) is 15.0 Å². The van der Waals surface area contributed by atoms with E-state index in [9.17, 15) is 0 Å². The van der Waals surface area contributed by atoms with Crippen LogP contribution in [0.15, 0.2) is 58.3 Å². The van der Waals surface area contributed by atoms with Gasteiger partial charge in [0.2, 0.25) is 5.89 Å². The van der Waals surface area contributed by atoms with Crippen molar-refractivity contribution < 1.29 is 13.9 Å². The molecule has 0 spiro atoms. The molecule has 0 bridgehead atoms. The third-order valence-corrected chi connectivity index (χ3v) is 4.82. The summed E-state index contributed by atoms with van der Waals surface area (Å²) in [5, 5.41) is 0.835. The predicted octanol–water partition coefficient (Wildman–Crippen LogP) is 4.53. The van der Waals surface area contributed by atoms with Crippen molar-refractivity contribution in [2.24, 2.45) is 0 Å². The number of imidazole rings is 1. The average Bonchev–Trinajstić information content (AvgIpc) is 3.32. The second-order valence-corrected chi connectivity index (χ2v) is 6.55. The minimum Gasteiger partial charge on any atom is -0.497 e. The number of H-pyrrole nitrogens is 1. The third-order valence-electron chi connectivity index (χ3n) is 3.91. The third kappa shape index (κ3) is 3.39. The fraction of sp³-hybridized carbons (Fsp3) is 0.158. The molecular formula is C19H17N3O3S. The van der Waals surface area contributed by atoms with E-state index in [0.29, 0.717) is 11.6 Å². The first kappa shape index (κ1) is 16.5. The lowest BCUT2D eigenvalue weighted by Gasteiger charge is -1.99. The number of ether oxygens (including phenoxy) is 2. The Hall–Kier alpha value is -2.93. The Morgan fingerprint density at radius 1 is 1.00 bits per heavy atom. The molecule has 0 unspecified atom stereocenters. The van der Waals surface area contributed by atoms with Crippen LogP contribution in [0.3, 0.4) is 0 Å². The molecule has 132 valence electrons. The van der Waals surface area contributed by atoms with Crippen molar-refractivity contribution in [3.05, 3.63) is 54.4 Å². The molecule has 0 aliphatic heterocycles. The van der Waals surface area contributed by atoms with Crippen molar-refractivity contribution in [2.75, 3.05) is 14.2 Å². The quantitative estimate of drug-likeness (QED) is 0.505. The molecule has 2 aromatic heterocycles. The zero-order valence-electron chi connectivity index (χ0n) is 14.4. The van der Waals surface area contributed by atoms with E-state index in [-0.39, 0.29) is 0 Å². The molecule has 1 N–H and O–H groups in total. The first-order valence-corrected chi connectivity index (χ1v) is 8.99. The maximum absolute atomic E-state index is 5.59. The number of hydrogen-bond donors (Lipinski definition) is 1. The first-order chi connectivity index (χ1) is 12.7. The van der Waals surface area contributed by atoms with Crippen LogP contribution in [0.5, 0.6) is 11.5 Å². The molecule has 2 heterocycles. The fourth-order valence-corrected chi connectivity index (χ4v) is 3.30. The van der Waals surface area contributed by atoms with Gasteiger partial charge in [-0.25, -0.2) is 9.97 Å². The molecule has 4 rings (SSSR count). The van der Waals surface area contributed by atoms with Crippen LogP contribution in [-0.2, 0) is 5.75 Å². The Morgan fingerprint density at radius 3 is 2.54 bits per heavy atom. The van der Waals surface area contributed by atoms with E-state index in [1.165, 1.54) is 0 Å². The molecular weight excluding hydrogens is 350 g/mol. The first-order valence-electron chi connectivity index (χ1n) is 8.00. The molecule has 0 amide bonds. The summed E-state index contributed by atoms with van der Waals surface area (Å²) in [6.45, 7) is 0. The van der Waals surface area contributed by atoms with Crippen LogP contribution in [0.2, 0.25) is 0 Å². The largest absolute Gasteiger partial charge is 0.497 e. The lowest BCUT2D eigenvalue weighted by molar-refractivity contribution is 0.415. The minimum absolute atomic E-state index is 0.595. The van der Waals surface area contributed by atoms with E-state index in [2.05, 4.69) is 15.0 Å². The Balaban J connectivity index is 1.45. The summed E-state index contributed by atoms with van der Waals surface area (Å²) in [7, 11) is 3.29. The van der Waals surface area contributed by atoms with E-state index in [1.54, 1.807) is 32.2 Å². The molecule has 7 heteroatoms. The van der Waals surface area contributed by atoms with Gasteiger partial charge in [0.15, 0.2) is 5.16 Å². The Morgan fingerprint density at radius 2 is 1.77 bits per heavy atom. The number of oxazole rings is 1. The van der Waals surface area contributed by atoms with Crippen molar-refractivity contribution in [2.45, 2.75) is 10.9 Å². The summed E-state index contributed by atoms with van der Waals surface area (Å²) in [5.41, 5.74) is 3.63. The van der Waals surface area contributed by atoms with E-state index in [4.69, 9.17) is 13.9 Å². The molecule has 2 aromatic carbocycles.